The van der Waals surface area contributed by atoms with E-state index in [0.717, 1.165) is 21.5 Å². The molecular weight excluding hydrogens is 282 g/mol. The van der Waals surface area contributed by atoms with Gasteiger partial charge in [-0.05, 0) is 26.0 Å². The van der Waals surface area contributed by atoms with Crippen LogP contribution in [0.5, 0.6) is 5.75 Å². The summed E-state index contributed by atoms with van der Waals surface area (Å²) in [5.41, 5.74) is 1.07. The number of methoxy groups -OCH3 is 1. The van der Waals surface area contributed by atoms with Gasteiger partial charge in [-0.3, -0.25) is 0 Å². The van der Waals surface area contributed by atoms with Crippen molar-refractivity contribution in [2.24, 2.45) is 0 Å². The molecule has 90 valence electrons. The first-order valence-corrected chi connectivity index (χ1v) is 6.17. The summed E-state index contributed by atoms with van der Waals surface area (Å²) in [5.74, 6) is 2.44. The van der Waals surface area contributed by atoms with E-state index < -0.39 is 0 Å². The van der Waals surface area contributed by atoms with Gasteiger partial charge in [0.2, 0.25) is 5.89 Å². The lowest BCUT2D eigenvalue weighted by molar-refractivity contribution is 0.400. The molecule has 4 heteroatoms. The summed E-state index contributed by atoms with van der Waals surface area (Å²) in [5, 5.41) is 0. The Morgan fingerprint density at radius 1 is 1.41 bits per heavy atom. The number of aromatic nitrogens is 1. The summed E-state index contributed by atoms with van der Waals surface area (Å²) >= 11 is 3.43. The molecule has 0 saturated heterocycles. The topological polar surface area (TPSA) is 35.3 Å². The van der Waals surface area contributed by atoms with E-state index >= 15 is 0 Å². The van der Waals surface area contributed by atoms with Crippen molar-refractivity contribution < 1.29 is 9.15 Å². The van der Waals surface area contributed by atoms with Gasteiger partial charge in [0.05, 0.1) is 19.2 Å². The normalized spacial score (nSPS) is 12.5. The van der Waals surface area contributed by atoms with Crippen molar-refractivity contribution in [2.75, 3.05) is 7.11 Å². The molecule has 0 amide bonds. The Morgan fingerprint density at radius 2 is 2.18 bits per heavy atom. The fourth-order valence-corrected chi connectivity index (χ4v) is 2.09. The number of rotatable bonds is 3. The van der Waals surface area contributed by atoms with Crippen LogP contribution in [-0.2, 0) is 0 Å². The predicted octanol–water partition coefficient (Wildman–Crippen LogP) is 3.91. The number of aryl methyl sites for hydroxylation is 1. The molecule has 0 aliphatic carbocycles. The minimum Gasteiger partial charge on any atom is -0.496 e. The average molecular weight is 296 g/mol. The molecule has 17 heavy (non-hydrogen) atoms. The first kappa shape index (κ1) is 12.2. The second-order valence-corrected chi connectivity index (χ2v) is 4.83. The number of hydrogen-bond acceptors (Lipinski definition) is 3. The molecule has 0 aliphatic rings. The van der Waals surface area contributed by atoms with E-state index in [4.69, 9.17) is 9.15 Å². The average Bonchev–Trinajstić information content (AvgIpc) is 2.75. The zero-order chi connectivity index (χ0) is 12.4. The van der Waals surface area contributed by atoms with Crippen LogP contribution in [0.3, 0.4) is 0 Å². The second kappa shape index (κ2) is 4.92. The van der Waals surface area contributed by atoms with Gasteiger partial charge in [0.1, 0.15) is 11.5 Å². The maximum Gasteiger partial charge on any atom is 0.201 e. The molecule has 1 atom stereocenters. The molecule has 3 nitrogen and oxygen atoms in total. The number of benzene rings is 1. The van der Waals surface area contributed by atoms with Crippen molar-refractivity contribution in [3.05, 3.63) is 46.1 Å². The molecule has 0 spiro atoms. The van der Waals surface area contributed by atoms with E-state index in [1.165, 1.54) is 0 Å². The van der Waals surface area contributed by atoms with E-state index in [2.05, 4.69) is 27.8 Å². The van der Waals surface area contributed by atoms with Gasteiger partial charge in [0, 0.05) is 10.0 Å². The lowest BCUT2D eigenvalue weighted by atomic mass is 10.0. The van der Waals surface area contributed by atoms with Gasteiger partial charge >= 0.3 is 0 Å². The van der Waals surface area contributed by atoms with Crippen LogP contribution >= 0.6 is 15.9 Å². The summed E-state index contributed by atoms with van der Waals surface area (Å²) in [6, 6.07) is 5.96. The van der Waals surface area contributed by atoms with E-state index in [9.17, 15) is 0 Å². The molecule has 1 heterocycles. The number of ether oxygens (including phenoxy) is 1. The molecule has 0 radical (unpaired) electrons. The summed E-state index contributed by atoms with van der Waals surface area (Å²) < 4.78 is 11.9. The largest absolute Gasteiger partial charge is 0.496 e. The molecule has 0 N–H and O–H groups in total. The third-order valence-corrected chi connectivity index (χ3v) is 3.16. The molecule has 2 aromatic rings. The van der Waals surface area contributed by atoms with Crippen LogP contribution in [0.1, 0.15) is 30.1 Å². The number of oxazole rings is 1. The standard InChI is InChI=1S/C13H14BrNO2/c1-8-7-15-13(17-8)9(2)11-5-4-10(14)6-12(11)16-3/h4-7,9H,1-3H3. The first-order chi connectivity index (χ1) is 8.11. The predicted molar refractivity (Wildman–Crippen MR) is 69.5 cm³/mol. The lowest BCUT2D eigenvalue weighted by Gasteiger charge is -2.13. The van der Waals surface area contributed by atoms with Crippen LogP contribution in [-0.4, -0.2) is 12.1 Å². The van der Waals surface area contributed by atoms with Crippen LogP contribution in [0.4, 0.5) is 0 Å². The third kappa shape index (κ3) is 2.52. The van der Waals surface area contributed by atoms with Crippen molar-refractivity contribution in [2.45, 2.75) is 19.8 Å². The van der Waals surface area contributed by atoms with Crippen molar-refractivity contribution in [3.63, 3.8) is 0 Å². The Kier molecular flexibility index (Phi) is 3.52. The Morgan fingerprint density at radius 3 is 2.76 bits per heavy atom. The zero-order valence-electron chi connectivity index (χ0n) is 10.0. The van der Waals surface area contributed by atoms with Gasteiger partial charge in [-0.1, -0.05) is 22.0 Å². The zero-order valence-corrected chi connectivity index (χ0v) is 11.6. The molecule has 0 aliphatic heterocycles. The number of halogens is 1. The molecule has 1 aromatic heterocycles. The first-order valence-electron chi connectivity index (χ1n) is 5.37. The fraction of sp³-hybridized carbons (Fsp3) is 0.308. The summed E-state index contributed by atoms with van der Waals surface area (Å²) in [4.78, 5) is 4.26. The van der Waals surface area contributed by atoms with Crippen LogP contribution in [0, 0.1) is 6.92 Å². The van der Waals surface area contributed by atoms with Crippen LogP contribution in [0.2, 0.25) is 0 Å². The highest BCUT2D eigenvalue weighted by Crippen LogP contribution is 2.33. The summed E-state index contributed by atoms with van der Waals surface area (Å²) in [6.07, 6.45) is 1.73. The molecule has 1 aromatic carbocycles. The maximum atomic E-state index is 5.55. The van der Waals surface area contributed by atoms with Gasteiger partial charge < -0.3 is 9.15 Å². The van der Waals surface area contributed by atoms with E-state index in [1.807, 2.05) is 25.1 Å². The Labute approximate surface area is 109 Å². The van der Waals surface area contributed by atoms with Crippen LogP contribution in [0.15, 0.2) is 33.3 Å². The van der Waals surface area contributed by atoms with Gasteiger partial charge in [-0.25, -0.2) is 4.98 Å². The number of nitrogens with zero attached hydrogens (tertiary/aromatic N) is 1. The molecule has 2 rings (SSSR count). The minimum atomic E-state index is 0.0757. The van der Waals surface area contributed by atoms with Crippen LogP contribution in [0.25, 0.3) is 0 Å². The van der Waals surface area contributed by atoms with Gasteiger partial charge in [-0.2, -0.15) is 0 Å². The highest BCUT2D eigenvalue weighted by atomic mass is 79.9. The number of hydrogen-bond donors (Lipinski definition) is 0. The van der Waals surface area contributed by atoms with E-state index in [0.29, 0.717) is 5.89 Å². The molecule has 0 fully saturated rings. The van der Waals surface area contributed by atoms with Crippen molar-refractivity contribution in [3.8, 4) is 5.75 Å². The SMILES string of the molecule is COc1cc(Br)ccc1C(C)c1ncc(C)o1. The van der Waals surface area contributed by atoms with Crippen LogP contribution < -0.4 is 4.74 Å². The van der Waals surface area contributed by atoms with Gasteiger partial charge in [0.25, 0.3) is 0 Å². The summed E-state index contributed by atoms with van der Waals surface area (Å²) in [6.45, 7) is 3.94. The van der Waals surface area contributed by atoms with E-state index in [-0.39, 0.29) is 5.92 Å². The maximum absolute atomic E-state index is 5.55. The molecule has 1 unspecified atom stereocenters. The molecular formula is C13H14BrNO2. The highest BCUT2D eigenvalue weighted by Gasteiger charge is 2.18. The Balaban J connectivity index is 2.39. The fourth-order valence-electron chi connectivity index (χ4n) is 1.75. The summed E-state index contributed by atoms with van der Waals surface area (Å²) in [7, 11) is 1.67. The second-order valence-electron chi connectivity index (χ2n) is 3.92. The Bertz CT molecular complexity index is 522. The Hall–Kier alpha value is -1.29. The van der Waals surface area contributed by atoms with Crippen molar-refractivity contribution in [1.82, 2.24) is 4.98 Å². The monoisotopic (exact) mass is 295 g/mol. The van der Waals surface area contributed by atoms with Gasteiger partial charge in [0.15, 0.2) is 0 Å². The smallest absolute Gasteiger partial charge is 0.201 e. The minimum absolute atomic E-state index is 0.0757. The quantitative estimate of drug-likeness (QED) is 0.861. The van der Waals surface area contributed by atoms with Gasteiger partial charge in [-0.15, -0.1) is 0 Å². The van der Waals surface area contributed by atoms with E-state index in [1.54, 1.807) is 13.3 Å². The van der Waals surface area contributed by atoms with Crippen molar-refractivity contribution >= 4 is 15.9 Å². The molecule has 0 saturated carbocycles. The lowest BCUT2D eigenvalue weighted by Crippen LogP contribution is -1.99. The molecule has 0 bridgehead atoms. The third-order valence-electron chi connectivity index (χ3n) is 2.67. The highest BCUT2D eigenvalue weighted by molar-refractivity contribution is 9.10. The van der Waals surface area contributed by atoms with Crippen molar-refractivity contribution in [1.29, 1.82) is 0 Å².